The predicted octanol–water partition coefficient (Wildman–Crippen LogP) is 4.11. The predicted molar refractivity (Wildman–Crippen MR) is 68.4 cm³/mol. The minimum Gasteiger partial charge on any atom is -0.339 e. The summed E-state index contributed by atoms with van der Waals surface area (Å²) in [6, 6.07) is 2.68. The zero-order valence-electron chi connectivity index (χ0n) is 9.43. The van der Waals surface area contributed by atoms with Crippen LogP contribution in [0.25, 0.3) is 0 Å². The lowest BCUT2D eigenvalue weighted by molar-refractivity contribution is 0.586. The molecule has 0 aliphatic carbocycles. The third-order valence-corrected chi connectivity index (χ3v) is 3.15. The van der Waals surface area contributed by atoms with Crippen LogP contribution in [0.5, 0.6) is 0 Å². The van der Waals surface area contributed by atoms with E-state index in [1.807, 2.05) is 6.92 Å². The van der Waals surface area contributed by atoms with Gasteiger partial charge < -0.3 is 5.32 Å². The van der Waals surface area contributed by atoms with E-state index >= 15 is 0 Å². The van der Waals surface area contributed by atoms with Crippen molar-refractivity contribution in [1.82, 2.24) is 0 Å². The highest BCUT2D eigenvalue weighted by molar-refractivity contribution is 9.10. The normalized spacial score (nSPS) is 20.0. The highest BCUT2D eigenvalue weighted by Gasteiger charge is 2.15. The monoisotopic (exact) mass is 302 g/mol. The first-order chi connectivity index (χ1) is 8.06. The molecule has 17 heavy (non-hydrogen) atoms. The number of halogens is 3. The average Bonchev–Trinajstić information content (AvgIpc) is 2.23. The topological polar surface area (TPSA) is 24.4 Å². The quantitative estimate of drug-likeness (QED) is 0.829. The Hall–Kier alpha value is -0.970. The van der Waals surface area contributed by atoms with Crippen molar-refractivity contribution in [1.29, 1.82) is 0 Å². The molecular weight excluding hydrogens is 290 g/mol. The number of aliphatic imine (C=N–C) groups is 1. The van der Waals surface area contributed by atoms with Crippen LogP contribution in [0.3, 0.4) is 0 Å². The molecule has 1 aromatic rings. The molecule has 5 heteroatoms. The molecule has 0 saturated carbocycles. The SMILES string of the molecule is CC1CCCC(Nc2c(F)cc(Br)cc2F)=N1. The standard InChI is InChI=1S/C12H13BrF2N2/c1-7-3-2-4-11(16-7)17-12-9(14)5-8(13)6-10(12)15/h5-7H,2-4H2,1H3,(H,16,17). The van der Waals surface area contributed by atoms with Gasteiger partial charge in [-0.05, 0) is 31.9 Å². The summed E-state index contributed by atoms with van der Waals surface area (Å²) in [6.45, 7) is 2.00. The van der Waals surface area contributed by atoms with Crippen molar-refractivity contribution in [2.24, 2.45) is 4.99 Å². The molecule has 0 saturated heterocycles. The summed E-state index contributed by atoms with van der Waals surface area (Å²) in [7, 11) is 0. The van der Waals surface area contributed by atoms with Gasteiger partial charge in [0.15, 0.2) is 11.6 Å². The van der Waals surface area contributed by atoms with E-state index in [1.54, 1.807) is 0 Å². The summed E-state index contributed by atoms with van der Waals surface area (Å²) < 4.78 is 27.5. The molecule has 1 atom stereocenters. The second-order valence-corrected chi connectivity index (χ2v) is 5.10. The fourth-order valence-electron chi connectivity index (χ4n) is 1.86. The highest BCUT2D eigenvalue weighted by Crippen LogP contribution is 2.25. The molecule has 1 N–H and O–H groups in total. The molecule has 0 bridgehead atoms. The van der Waals surface area contributed by atoms with Crippen LogP contribution in [-0.2, 0) is 0 Å². The van der Waals surface area contributed by atoms with E-state index in [0.29, 0.717) is 10.3 Å². The number of rotatable bonds is 1. The maximum absolute atomic E-state index is 13.6. The molecule has 0 radical (unpaired) electrons. The van der Waals surface area contributed by atoms with Crippen molar-refractivity contribution in [3.05, 3.63) is 28.2 Å². The summed E-state index contributed by atoms with van der Waals surface area (Å²) in [6.07, 6.45) is 2.75. The Morgan fingerprint density at radius 3 is 2.59 bits per heavy atom. The van der Waals surface area contributed by atoms with E-state index in [2.05, 4.69) is 26.2 Å². The lowest BCUT2D eigenvalue weighted by atomic mass is 10.1. The fraction of sp³-hybridized carbons (Fsp3) is 0.417. The third kappa shape index (κ3) is 3.03. The first-order valence-corrected chi connectivity index (χ1v) is 6.34. The van der Waals surface area contributed by atoms with Gasteiger partial charge in [0.1, 0.15) is 11.5 Å². The number of nitrogens with zero attached hydrogens (tertiary/aromatic N) is 1. The van der Waals surface area contributed by atoms with Crippen LogP contribution in [0.4, 0.5) is 14.5 Å². The third-order valence-electron chi connectivity index (χ3n) is 2.69. The van der Waals surface area contributed by atoms with Gasteiger partial charge in [-0.25, -0.2) is 8.78 Å². The summed E-state index contributed by atoms with van der Waals surface area (Å²) in [5.74, 6) is -0.570. The number of hydrogen-bond acceptors (Lipinski definition) is 2. The molecule has 2 rings (SSSR count). The Labute approximate surface area is 107 Å². The second-order valence-electron chi connectivity index (χ2n) is 4.19. The van der Waals surface area contributed by atoms with Crippen LogP contribution in [-0.4, -0.2) is 11.9 Å². The zero-order chi connectivity index (χ0) is 12.4. The maximum Gasteiger partial charge on any atom is 0.150 e. The number of benzene rings is 1. The maximum atomic E-state index is 13.6. The Bertz CT molecular complexity index is 437. The molecule has 1 aliphatic rings. The lowest BCUT2D eigenvalue weighted by Gasteiger charge is -2.19. The van der Waals surface area contributed by atoms with Gasteiger partial charge in [-0.2, -0.15) is 0 Å². The lowest BCUT2D eigenvalue weighted by Crippen LogP contribution is -2.21. The Morgan fingerprint density at radius 2 is 2.00 bits per heavy atom. The minimum absolute atomic E-state index is 0.124. The summed E-state index contributed by atoms with van der Waals surface area (Å²) >= 11 is 3.04. The molecule has 0 spiro atoms. The van der Waals surface area contributed by atoms with Crippen molar-refractivity contribution < 1.29 is 8.78 Å². The molecule has 1 heterocycles. The van der Waals surface area contributed by atoms with Crippen molar-refractivity contribution >= 4 is 27.5 Å². The first kappa shape index (κ1) is 12.5. The van der Waals surface area contributed by atoms with Gasteiger partial charge in [-0.3, -0.25) is 4.99 Å². The van der Waals surface area contributed by atoms with Gasteiger partial charge in [-0.15, -0.1) is 0 Å². The van der Waals surface area contributed by atoms with Crippen LogP contribution in [0.15, 0.2) is 21.6 Å². The molecule has 0 aromatic heterocycles. The van der Waals surface area contributed by atoms with Crippen LogP contribution in [0, 0.1) is 11.6 Å². The van der Waals surface area contributed by atoms with Gasteiger partial charge in [0.2, 0.25) is 0 Å². The summed E-state index contributed by atoms with van der Waals surface area (Å²) in [4.78, 5) is 4.34. The van der Waals surface area contributed by atoms with Crippen LogP contribution >= 0.6 is 15.9 Å². The summed E-state index contributed by atoms with van der Waals surface area (Å²) in [5, 5.41) is 2.75. The molecule has 1 aliphatic heterocycles. The largest absolute Gasteiger partial charge is 0.339 e. The van der Waals surface area contributed by atoms with Crippen molar-refractivity contribution in [2.45, 2.75) is 32.2 Å². The highest BCUT2D eigenvalue weighted by atomic mass is 79.9. The molecular formula is C12H13BrF2N2. The van der Waals surface area contributed by atoms with Crippen LogP contribution < -0.4 is 5.32 Å². The second kappa shape index (κ2) is 5.12. The number of amidine groups is 1. The van der Waals surface area contributed by atoms with E-state index in [0.717, 1.165) is 19.3 Å². The Balaban J connectivity index is 2.24. The first-order valence-electron chi connectivity index (χ1n) is 5.54. The fourth-order valence-corrected chi connectivity index (χ4v) is 2.26. The van der Waals surface area contributed by atoms with E-state index < -0.39 is 11.6 Å². The van der Waals surface area contributed by atoms with Crippen molar-refractivity contribution in [3.63, 3.8) is 0 Å². The smallest absolute Gasteiger partial charge is 0.150 e. The average molecular weight is 303 g/mol. The molecule has 0 amide bonds. The number of nitrogens with one attached hydrogen (secondary N) is 1. The van der Waals surface area contributed by atoms with Gasteiger partial charge in [-0.1, -0.05) is 15.9 Å². The minimum atomic E-state index is -0.613. The Morgan fingerprint density at radius 1 is 1.35 bits per heavy atom. The molecule has 1 aromatic carbocycles. The number of hydrogen-bond donors (Lipinski definition) is 1. The van der Waals surface area contributed by atoms with Crippen molar-refractivity contribution in [3.8, 4) is 0 Å². The molecule has 92 valence electrons. The van der Waals surface area contributed by atoms with E-state index in [4.69, 9.17) is 0 Å². The van der Waals surface area contributed by atoms with E-state index in [1.165, 1.54) is 12.1 Å². The summed E-state index contributed by atoms with van der Waals surface area (Å²) in [5.41, 5.74) is -0.124. The van der Waals surface area contributed by atoms with Gasteiger partial charge in [0.05, 0.1) is 0 Å². The van der Waals surface area contributed by atoms with Crippen LogP contribution in [0.1, 0.15) is 26.2 Å². The van der Waals surface area contributed by atoms with Crippen LogP contribution in [0.2, 0.25) is 0 Å². The Kier molecular flexibility index (Phi) is 3.76. The molecule has 1 unspecified atom stereocenters. The number of anilines is 1. The van der Waals surface area contributed by atoms with Gasteiger partial charge in [0.25, 0.3) is 0 Å². The zero-order valence-corrected chi connectivity index (χ0v) is 11.0. The van der Waals surface area contributed by atoms with Gasteiger partial charge in [0, 0.05) is 16.9 Å². The van der Waals surface area contributed by atoms with E-state index in [9.17, 15) is 8.78 Å². The van der Waals surface area contributed by atoms with Crippen molar-refractivity contribution in [2.75, 3.05) is 5.32 Å². The van der Waals surface area contributed by atoms with E-state index in [-0.39, 0.29) is 11.7 Å². The van der Waals surface area contributed by atoms with Gasteiger partial charge >= 0.3 is 0 Å². The molecule has 0 fully saturated rings. The molecule has 2 nitrogen and oxygen atoms in total.